The molecule has 3 rings (SSSR count). The summed E-state index contributed by atoms with van der Waals surface area (Å²) in [4.78, 5) is 12.7. The van der Waals surface area contributed by atoms with E-state index in [4.69, 9.17) is 0 Å². The largest absolute Gasteiger partial charge is 0.273 e. The Bertz CT molecular complexity index is 778. The third-order valence-electron chi connectivity index (χ3n) is 3.68. The molecule has 0 radical (unpaired) electrons. The first kappa shape index (κ1) is 14.8. The average Bonchev–Trinajstić information content (AvgIpc) is 3.35. The van der Waals surface area contributed by atoms with E-state index in [1.54, 1.807) is 30.3 Å². The third-order valence-corrected chi connectivity index (χ3v) is 5.42. The molecule has 0 heterocycles. The molecule has 22 heavy (non-hydrogen) atoms. The second kappa shape index (κ2) is 5.57. The van der Waals surface area contributed by atoms with Crippen LogP contribution in [0.25, 0.3) is 0 Å². The number of nitrogens with zero attached hydrogens (tertiary/aromatic N) is 1. The maximum Gasteiger partial charge on any atom is 0.270 e. The molecule has 2 aromatic carbocycles. The van der Waals surface area contributed by atoms with Crippen molar-refractivity contribution >= 4 is 21.6 Å². The van der Waals surface area contributed by atoms with Crippen molar-refractivity contribution in [3.63, 3.8) is 0 Å². The minimum absolute atomic E-state index is 0.129. The maximum absolute atomic E-state index is 12.9. The Kier molecular flexibility index (Phi) is 3.74. The Balaban J connectivity index is 2.09. The molecule has 2 aromatic rings. The van der Waals surface area contributed by atoms with Gasteiger partial charge in [-0.25, -0.2) is 12.7 Å². The van der Waals surface area contributed by atoms with E-state index in [-0.39, 0.29) is 16.7 Å². The van der Waals surface area contributed by atoms with Crippen LogP contribution >= 0.6 is 0 Å². The van der Waals surface area contributed by atoms with E-state index in [1.165, 1.54) is 12.1 Å². The summed E-state index contributed by atoms with van der Waals surface area (Å²) in [5.74, 6) is -0.521. The highest BCUT2D eigenvalue weighted by Crippen LogP contribution is 2.35. The lowest BCUT2D eigenvalue weighted by molar-refractivity contribution is -0.118. The van der Waals surface area contributed by atoms with Gasteiger partial charge in [0, 0.05) is 5.92 Å². The number of carbonyl (C=O) groups is 1. The molecule has 0 aliphatic heterocycles. The molecule has 4 nitrogen and oxygen atoms in total. The summed E-state index contributed by atoms with van der Waals surface area (Å²) < 4.78 is 26.8. The highest BCUT2D eigenvalue weighted by atomic mass is 32.2. The zero-order valence-corrected chi connectivity index (χ0v) is 13.1. The summed E-state index contributed by atoms with van der Waals surface area (Å²) in [5, 5.41) is 0. The van der Waals surface area contributed by atoms with Gasteiger partial charge in [0.25, 0.3) is 10.0 Å². The second-order valence-corrected chi connectivity index (χ2v) is 7.32. The minimum Gasteiger partial charge on any atom is -0.273 e. The van der Waals surface area contributed by atoms with E-state index in [0.717, 1.165) is 22.7 Å². The van der Waals surface area contributed by atoms with E-state index in [1.807, 2.05) is 19.1 Å². The molecule has 114 valence electrons. The Morgan fingerprint density at radius 1 is 1.00 bits per heavy atom. The van der Waals surface area contributed by atoms with Crippen molar-refractivity contribution in [2.75, 3.05) is 4.31 Å². The molecule has 1 aliphatic rings. The molecule has 1 amide bonds. The van der Waals surface area contributed by atoms with Gasteiger partial charge < -0.3 is 0 Å². The number of amides is 1. The van der Waals surface area contributed by atoms with E-state index < -0.39 is 10.0 Å². The summed E-state index contributed by atoms with van der Waals surface area (Å²) in [5.41, 5.74) is 1.41. The van der Waals surface area contributed by atoms with Crippen molar-refractivity contribution in [2.45, 2.75) is 24.7 Å². The lowest BCUT2D eigenvalue weighted by Crippen LogP contribution is -2.38. The van der Waals surface area contributed by atoms with Crippen molar-refractivity contribution in [2.24, 2.45) is 5.92 Å². The van der Waals surface area contributed by atoms with Crippen LogP contribution in [0.15, 0.2) is 59.5 Å². The minimum atomic E-state index is -3.89. The number of aryl methyl sites for hydroxylation is 1. The zero-order chi connectivity index (χ0) is 15.7. The van der Waals surface area contributed by atoms with Crippen molar-refractivity contribution in [1.29, 1.82) is 0 Å². The van der Waals surface area contributed by atoms with Gasteiger partial charge in [-0.3, -0.25) is 4.79 Å². The standard InChI is InChI=1S/C17H17NO3S/c1-13-7-11-15(12-8-13)18(17(19)14-9-10-14)22(20,21)16-5-3-2-4-6-16/h2-8,11-12,14H,9-10H2,1H3. The molecule has 1 aliphatic carbocycles. The number of benzene rings is 2. The summed E-state index contributed by atoms with van der Waals surface area (Å²) in [7, 11) is -3.89. The van der Waals surface area contributed by atoms with Crippen molar-refractivity contribution in [1.82, 2.24) is 0 Å². The first-order valence-electron chi connectivity index (χ1n) is 7.21. The molecule has 1 saturated carbocycles. The number of hydrogen-bond acceptors (Lipinski definition) is 3. The lowest BCUT2D eigenvalue weighted by atomic mass is 10.2. The van der Waals surface area contributed by atoms with E-state index in [9.17, 15) is 13.2 Å². The molecule has 0 atom stereocenters. The molecule has 5 heteroatoms. The lowest BCUT2D eigenvalue weighted by Gasteiger charge is -2.22. The van der Waals surface area contributed by atoms with Crippen LogP contribution in [0.2, 0.25) is 0 Å². The first-order chi connectivity index (χ1) is 10.5. The van der Waals surface area contributed by atoms with E-state index in [2.05, 4.69) is 0 Å². The van der Waals surface area contributed by atoms with Gasteiger partial charge in [0.05, 0.1) is 10.6 Å². The monoisotopic (exact) mass is 315 g/mol. The highest BCUT2D eigenvalue weighted by Gasteiger charge is 2.40. The van der Waals surface area contributed by atoms with Crippen LogP contribution < -0.4 is 4.31 Å². The summed E-state index contributed by atoms with van der Waals surface area (Å²) in [6.07, 6.45) is 1.51. The fraction of sp³-hybridized carbons (Fsp3) is 0.235. The molecular formula is C17H17NO3S. The fourth-order valence-corrected chi connectivity index (χ4v) is 3.76. The van der Waals surface area contributed by atoms with Gasteiger partial charge in [-0.1, -0.05) is 35.9 Å². The van der Waals surface area contributed by atoms with Gasteiger partial charge in [-0.2, -0.15) is 0 Å². The predicted octanol–water partition coefficient (Wildman–Crippen LogP) is 3.13. The van der Waals surface area contributed by atoms with Gasteiger partial charge in [-0.05, 0) is 44.0 Å². The van der Waals surface area contributed by atoms with Gasteiger partial charge in [0.15, 0.2) is 0 Å². The Labute approximate surface area is 130 Å². The van der Waals surface area contributed by atoms with Crippen LogP contribution in [0.5, 0.6) is 0 Å². The van der Waals surface area contributed by atoms with Gasteiger partial charge in [0.2, 0.25) is 5.91 Å². The van der Waals surface area contributed by atoms with Crippen LogP contribution in [0.1, 0.15) is 18.4 Å². The summed E-state index contributed by atoms with van der Waals surface area (Å²) in [6, 6.07) is 15.0. The summed E-state index contributed by atoms with van der Waals surface area (Å²) in [6.45, 7) is 1.92. The van der Waals surface area contributed by atoms with Crippen molar-refractivity contribution < 1.29 is 13.2 Å². The molecule has 0 bridgehead atoms. The molecule has 0 unspecified atom stereocenters. The van der Waals surface area contributed by atoms with E-state index in [0.29, 0.717) is 5.69 Å². The number of rotatable bonds is 4. The number of hydrogen-bond donors (Lipinski definition) is 0. The Hall–Kier alpha value is -2.14. The first-order valence-corrected chi connectivity index (χ1v) is 8.65. The second-order valence-electron chi connectivity index (χ2n) is 5.53. The maximum atomic E-state index is 12.9. The van der Waals surface area contributed by atoms with Crippen LogP contribution in [-0.4, -0.2) is 14.3 Å². The molecule has 0 spiro atoms. The number of anilines is 1. The molecule has 1 fully saturated rings. The quantitative estimate of drug-likeness (QED) is 0.871. The topological polar surface area (TPSA) is 54.5 Å². The normalized spacial score (nSPS) is 14.6. The van der Waals surface area contributed by atoms with Gasteiger partial charge >= 0.3 is 0 Å². The highest BCUT2D eigenvalue weighted by molar-refractivity contribution is 7.93. The predicted molar refractivity (Wildman–Crippen MR) is 85.0 cm³/mol. The number of sulfonamides is 1. The SMILES string of the molecule is Cc1ccc(N(C(=O)C2CC2)S(=O)(=O)c2ccccc2)cc1. The fourth-order valence-electron chi connectivity index (χ4n) is 2.26. The van der Waals surface area contributed by atoms with Crippen molar-refractivity contribution in [3.05, 3.63) is 60.2 Å². The van der Waals surface area contributed by atoms with Crippen LogP contribution in [0, 0.1) is 12.8 Å². The third kappa shape index (κ3) is 2.76. The zero-order valence-electron chi connectivity index (χ0n) is 12.3. The van der Waals surface area contributed by atoms with Gasteiger partial charge in [0.1, 0.15) is 0 Å². The van der Waals surface area contributed by atoms with Crippen LogP contribution in [-0.2, 0) is 14.8 Å². The molecule has 0 saturated heterocycles. The molecular weight excluding hydrogens is 298 g/mol. The van der Waals surface area contributed by atoms with E-state index >= 15 is 0 Å². The van der Waals surface area contributed by atoms with Crippen LogP contribution in [0.4, 0.5) is 5.69 Å². The Morgan fingerprint density at radius 2 is 1.59 bits per heavy atom. The average molecular weight is 315 g/mol. The van der Waals surface area contributed by atoms with Gasteiger partial charge in [-0.15, -0.1) is 0 Å². The molecule has 0 aromatic heterocycles. The summed E-state index contributed by atoms with van der Waals surface area (Å²) >= 11 is 0. The van der Waals surface area contributed by atoms with Crippen LogP contribution in [0.3, 0.4) is 0 Å². The smallest absolute Gasteiger partial charge is 0.270 e. The van der Waals surface area contributed by atoms with Crippen molar-refractivity contribution in [3.8, 4) is 0 Å². The molecule has 0 N–H and O–H groups in total. The number of carbonyl (C=O) groups excluding carboxylic acids is 1. The Morgan fingerprint density at radius 3 is 2.14 bits per heavy atom.